The zero-order valence-corrected chi connectivity index (χ0v) is 13.8. The smallest absolute Gasteiger partial charge is 0.343 e. The summed E-state index contributed by atoms with van der Waals surface area (Å²) in [5.74, 6) is 0.512. The first-order valence-electron chi connectivity index (χ1n) is 7.35. The second kappa shape index (κ2) is 7.40. The fourth-order valence-corrected chi connectivity index (χ4v) is 2.90. The van der Waals surface area contributed by atoms with Gasteiger partial charge in [-0.05, 0) is 30.5 Å². The maximum absolute atomic E-state index is 12.0. The molecule has 0 atom stereocenters. The molecule has 120 valence electrons. The molecule has 0 unspecified atom stereocenters. The highest BCUT2D eigenvalue weighted by atomic mass is 32.2. The van der Waals surface area contributed by atoms with E-state index in [1.165, 1.54) is 6.21 Å². The maximum atomic E-state index is 12.0. The molecule has 2 rings (SSSR count). The van der Waals surface area contributed by atoms with E-state index in [-0.39, 0.29) is 0 Å². The molecule has 0 amide bonds. The number of rotatable bonds is 4. The zero-order valence-electron chi connectivity index (χ0n) is 13.0. The average Bonchev–Trinajstić information content (AvgIpc) is 2.74. The van der Waals surface area contributed by atoms with Crippen LogP contribution in [-0.4, -0.2) is 41.1 Å². The third-order valence-corrected chi connectivity index (χ3v) is 4.25. The van der Waals surface area contributed by atoms with Gasteiger partial charge in [-0.15, -0.1) is 0 Å². The average molecular weight is 322 g/mol. The molecule has 1 heterocycles. The van der Waals surface area contributed by atoms with Crippen molar-refractivity contribution in [1.29, 1.82) is 0 Å². The van der Waals surface area contributed by atoms with E-state index in [4.69, 9.17) is 0 Å². The van der Waals surface area contributed by atoms with E-state index in [1.807, 2.05) is 43.3 Å². The summed E-state index contributed by atoms with van der Waals surface area (Å²) in [5.41, 5.74) is 1.78. The van der Waals surface area contributed by atoms with Gasteiger partial charge in [-0.1, -0.05) is 18.6 Å². The number of nitrogens with zero attached hydrogens (tertiary/aromatic N) is 3. The van der Waals surface area contributed by atoms with E-state index < -0.39 is 10.2 Å². The molecule has 1 N–H and O–H groups in total. The molecule has 0 radical (unpaired) electrons. The Morgan fingerprint density at radius 2 is 1.91 bits per heavy atom. The number of amidine groups is 1. The molecule has 22 heavy (non-hydrogen) atoms. The number of aliphatic imine (C=N–C) groups is 1. The molecule has 1 aliphatic rings. The molecule has 0 bridgehead atoms. The number of anilines is 1. The molecule has 0 aliphatic carbocycles. The second-order valence-electron chi connectivity index (χ2n) is 5.44. The van der Waals surface area contributed by atoms with Crippen molar-refractivity contribution in [2.24, 2.45) is 9.39 Å². The van der Waals surface area contributed by atoms with Gasteiger partial charge in [-0.2, -0.15) is 12.8 Å². The molecule has 1 aromatic carbocycles. The number of hydrogen-bond acceptors (Lipinski definition) is 4. The van der Waals surface area contributed by atoms with Gasteiger partial charge in [0.2, 0.25) is 0 Å². The van der Waals surface area contributed by atoms with Gasteiger partial charge in [0, 0.05) is 39.0 Å². The van der Waals surface area contributed by atoms with E-state index in [2.05, 4.69) is 14.1 Å². The molecule has 0 saturated carbocycles. The van der Waals surface area contributed by atoms with Crippen molar-refractivity contribution < 1.29 is 8.42 Å². The lowest BCUT2D eigenvalue weighted by Gasteiger charge is -2.11. The summed E-state index contributed by atoms with van der Waals surface area (Å²) in [5, 5.41) is 0. The van der Waals surface area contributed by atoms with Gasteiger partial charge < -0.3 is 4.90 Å². The molecule has 7 heteroatoms. The Hall–Kier alpha value is -1.89. The fourth-order valence-electron chi connectivity index (χ4n) is 2.12. The van der Waals surface area contributed by atoms with Crippen molar-refractivity contribution in [3.63, 3.8) is 0 Å². The number of hydrogen-bond donors (Lipinski definition) is 1. The second-order valence-corrected chi connectivity index (χ2v) is 6.80. The van der Waals surface area contributed by atoms with Crippen molar-refractivity contribution in [2.45, 2.75) is 25.7 Å². The summed E-state index contributed by atoms with van der Waals surface area (Å²) >= 11 is 0. The SMILES string of the molecule is CN(C)c1ccc(C=NS(=O)(=O)NC2=NCCCCC2)cc1. The highest BCUT2D eigenvalue weighted by molar-refractivity contribution is 7.88. The molecule has 1 aromatic rings. The predicted octanol–water partition coefficient (Wildman–Crippen LogP) is 1.98. The monoisotopic (exact) mass is 322 g/mol. The topological polar surface area (TPSA) is 74.1 Å². The van der Waals surface area contributed by atoms with Crippen molar-refractivity contribution in [2.75, 3.05) is 25.5 Å². The highest BCUT2D eigenvalue weighted by Crippen LogP contribution is 2.11. The van der Waals surface area contributed by atoms with E-state index in [0.29, 0.717) is 18.8 Å². The quantitative estimate of drug-likeness (QED) is 0.861. The van der Waals surface area contributed by atoms with Crippen LogP contribution in [0.25, 0.3) is 0 Å². The molecular formula is C15H22N4O2S. The van der Waals surface area contributed by atoms with E-state index >= 15 is 0 Å². The van der Waals surface area contributed by atoms with Gasteiger partial charge in [-0.3, -0.25) is 9.71 Å². The summed E-state index contributed by atoms with van der Waals surface area (Å²) in [6, 6.07) is 7.49. The lowest BCUT2D eigenvalue weighted by atomic mass is 10.2. The van der Waals surface area contributed by atoms with Gasteiger partial charge >= 0.3 is 10.2 Å². The van der Waals surface area contributed by atoms with Gasteiger partial charge in [-0.25, -0.2) is 0 Å². The minimum atomic E-state index is -3.74. The Balaban J connectivity index is 2.02. The summed E-state index contributed by atoms with van der Waals surface area (Å²) in [7, 11) is 0.155. The minimum absolute atomic E-state index is 0.512. The first kappa shape index (κ1) is 16.5. The van der Waals surface area contributed by atoms with Crippen molar-refractivity contribution in [3.05, 3.63) is 29.8 Å². The standard InChI is InChI=1S/C15H22N4O2S/c1-19(2)14-9-7-13(8-10-14)12-17-22(20,21)18-15-6-4-3-5-11-16-15/h7-10,12H,3-6,11H2,1-2H3,(H,16,18). The van der Waals surface area contributed by atoms with Gasteiger partial charge in [0.25, 0.3) is 0 Å². The number of benzene rings is 1. The van der Waals surface area contributed by atoms with Crippen LogP contribution in [0.3, 0.4) is 0 Å². The Morgan fingerprint density at radius 1 is 1.18 bits per heavy atom. The molecule has 0 saturated heterocycles. The van der Waals surface area contributed by atoms with Crippen LogP contribution in [0.2, 0.25) is 0 Å². The van der Waals surface area contributed by atoms with Gasteiger partial charge in [0.15, 0.2) is 0 Å². The van der Waals surface area contributed by atoms with E-state index in [9.17, 15) is 8.42 Å². The van der Waals surface area contributed by atoms with Crippen LogP contribution < -0.4 is 9.62 Å². The molecule has 6 nitrogen and oxygen atoms in total. The molecule has 0 spiro atoms. The van der Waals surface area contributed by atoms with Crippen LogP contribution in [0, 0.1) is 0 Å². The Kier molecular flexibility index (Phi) is 5.54. The zero-order chi connectivity index (χ0) is 16.0. The number of nitrogens with one attached hydrogen (secondary N) is 1. The largest absolute Gasteiger partial charge is 0.378 e. The lowest BCUT2D eigenvalue weighted by Crippen LogP contribution is -2.29. The summed E-state index contributed by atoms with van der Waals surface area (Å²) < 4.78 is 30.0. The van der Waals surface area contributed by atoms with Gasteiger partial charge in [0.05, 0.1) is 0 Å². The summed E-state index contributed by atoms with van der Waals surface area (Å²) in [4.78, 5) is 6.22. The van der Waals surface area contributed by atoms with Crippen LogP contribution in [0.15, 0.2) is 33.7 Å². The Bertz CT molecular complexity index is 649. The third kappa shape index (κ3) is 5.14. The van der Waals surface area contributed by atoms with Gasteiger partial charge in [0.1, 0.15) is 5.84 Å². The Morgan fingerprint density at radius 3 is 2.59 bits per heavy atom. The fraction of sp³-hybridized carbons (Fsp3) is 0.467. The minimum Gasteiger partial charge on any atom is -0.378 e. The van der Waals surface area contributed by atoms with Crippen LogP contribution >= 0.6 is 0 Å². The van der Waals surface area contributed by atoms with Crippen molar-refractivity contribution in [1.82, 2.24) is 4.72 Å². The predicted molar refractivity (Wildman–Crippen MR) is 91.2 cm³/mol. The van der Waals surface area contributed by atoms with E-state index in [1.54, 1.807) is 0 Å². The lowest BCUT2D eigenvalue weighted by molar-refractivity contribution is 0.594. The molecule has 0 fully saturated rings. The summed E-state index contributed by atoms with van der Waals surface area (Å²) in [6.07, 6.45) is 5.05. The third-order valence-electron chi connectivity index (χ3n) is 3.37. The first-order chi connectivity index (χ1) is 10.5. The van der Waals surface area contributed by atoms with Crippen LogP contribution in [0.4, 0.5) is 5.69 Å². The maximum Gasteiger partial charge on any atom is 0.343 e. The normalized spacial score (nSPS) is 16.2. The van der Waals surface area contributed by atoms with E-state index in [0.717, 1.165) is 30.5 Å². The van der Waals surface area contributed by atoms with Crippen molar-refractivity contribution in [3.8, 4) is 0 Å². The Labute approximate surface area is 132 Å². The summed E-state index contributed by atoms with van der Waals surface area (Å²) in [6.45, 7) is 0.674. The highest BCUT2D eigenvalue weighted by Gasteiger charge is 2.12. The van der Waals surface area contributed by atoms with Crippen LogP contribution in [0.5, 0.6) is 0 Å². The molecule has 1 aliphatic heterocycles. The van der Waals surface area contributed by atoms with Crippen LogP contribution in [0.1, 0.15) is 31.2 Å². The van der Waals surface area contributed by atoms with Crippen LogP contribution in [-0.2, 0) is 10.2 Å². The molecule has 0 aromatic heterocycles. The molecular weight excluding hydrogens is 300 g/mol. The van der Waals surface area contributed by atoms with Crippen molar-refractivity contribution >= 4 is 27.9 Å². The first-order valence-corrected chi connectivity index (χ1v) is 8.79.